The van der Waals surface area contributed by atoms with Gasteiger partial charge in [0.15, 0.2) is 11.5 Å². The van der Waals surface area contributed by atoms with Crippen molar-refractivity contribution in [2.75, 3.05) is 33.4 Å². The minimum atomic E-state index is 0.139. The molecule has 0 amide bonds. The van der Waals surface area contributed by atoms with Gasteiger partial charge in [-0.3, -0.25) is 0 Å². The Kier molecular flexibility index (Phi) is 9.01. The number of aliphatic hydroxyl groups excluding tert-OH is 1. The van der Waals surface area contributed by atoms with Crippen molar-refractivity contribution in [2.45, 2.75) is 13.2 Å². The van der Waals surface area contributed by atoms with Crippen LogP contribution >= 0.6 is 23.2 Å². The van der Waals surface area contributed by atoms with Gasteiger partial charge in [0.05, 0.1) is 13.7 Å². The van der Waals surface area contributed by atoms with Crippen LogP contribution in [-0.2, 0) is 13.2 Å². The SMILES string of the molecule is COc1cc(CNCCNCCO)c(Cl)cc1OCc1ccc(Cl)cc1. The van der Waals surface area contributed by atoms with Gasteiger partial charge in [0.1, 0.15) is 6.61 Å². The largest absolute Gasteiger partial charge is 0.493 e. The second-order valence-electron chi connectivity index (χ2n) is 5.66. The molecule has 0 atom stereocenters. The zero-order valence-electron chi connectivity index (χ0n) is 14.7. The Morgan fingerprint density at radius 3 is 2.38 bits per heavy atom. The van der Waals surface area contributed by atoms with Crippen molar-refractivity contribution < 1.29 is 14.6 Å². The first-order valence-corrected chi connectivity index (χ1v) is 9.15. The van der Waals surface area contributed by atoms with Gasteiger partial charge in [0.2, 0.25) is 0 Å². The van der Waals surface area contributed by atoms with E-state index >= 15 is 0 Å². The number of nitrogens with one attached hydrogen (secondary N) is 2. The summed E-state index contributed by atoms with van der Waals surface area (Å²) in [6.07, 6.45) is 0. The third-order valence-corrected chi connectivity index (χ3v) is 4.33. The minimum Gasteiger partial charge on any atom is -0.493 e. The summed E-state index contributed by atoms with van der Waals surface area (Å²) in [5, 5.41) is 16.4. The molecule has 0 aliphatic heterocycles. The molecule has 0 aromatic heterocycles. The molecule has 0 fully saturated rings. The standard InChI is InChI=1S/C19H24Cl2N2O3/c1-25-18-10-15(12-23-7-6-22-8-9-24)17(21)11-19(18)26-13-14-2-4-16(20)5-3-14/h2-5,10-11,22-24H,6-9,12-13H2,1H3. The number of hydrogen-bond acceptors (Lipinski definition) is 5. The van der Waals surface area contributed by atoms with Crippen LogP contribution in [0.25, 0.3) is 0 Å². The van der Waals surface area contributed by atoms with Crippen LogP contribution in [-0.4, -0.2) is 38.5 Å². The number of rotatable bonds is 11. The summed E-state index contributed by atoms with van der Waals surface area (Å²) in [6.45, 7) is 3.30. The molecular formula is C19H24Cl2N2O3. The highest BCUT2D eigenvalue weighted by Crippen LogP contribution is 2.34. The van der Waals surface area contributed by atoms with Crippen LogP contribution in [0.2, 0.25) is 10.0 Å². The molecular weight excluding hydrogens is 375 g/mol. The van der Waals surface area contributed by atoms with Crippen molar-refractivity contribution in [3.8, 4) is 11.5 Å². The molecule has 0 radical (unpaired) electrons. The zero-order chi connectivity index (χ0) is 18.8. The molecule has 0 unspecified atom stereocenters. The highest BCUT2D eigenvalue weighted by Gasteiger charge is 2.11. The van der Waals surface area contributed by atoms with E-state index in [1.807, 2.05) is 30.3 Å². The number of methoxy groups -OCH3 is 1. The Hall–Kier alpha value is -1.50. The molecule has 5 nitrogen and oxygen atoms in total. The maximum absolute atomic E-state index is 8.72. The fourth-order valence-electron chi connectivity index (χ4n) is 2.33. The Morgan fingerprint density at radius 1 is 0.962 bits per heavy atom. The van der Waals surface area contributed by atoms with Gasteiger partial charge < -0.3 is 25.2 Å². The molecule has 2 aromatic rings. The van der Waals surface area contributed by atoms with Crippen LogP contribution < -0.4 is 20.1 Å². The summed E-state index contributed by atoms with van der Waals surface area (Å²) >= 11 is 12.3. The summed E-state index contributed by atoms with van der Waals surface area (Å²) in [4.78, 5) is 0. The van der Waals surface area contributed by atoms with Gasteiger partial charge in [0, 0.05) is 42.3 Å². The first-order chi connectivity index (χ1) is 12.6. The fourth-order valence-corrected chi connectivity index (χ4v) is 2.68. The van der Waals surface area contributed by atoms with Crippen molar-refractivity contribution in [3.63, 3.8) is 0 Å². The highest BCUT2D eigenvalue weighted by molar-refractivity contribution is 6.31. The second kappa shape index (κ2) is 11.3. The molecule has 3 N–H and O–H groups in total. The molecule has 0 saturated heterocycles. The Morgan fingerprint density at radius 2 is 1.69 bits per heavy atom. The lowest BCUT2D eigenvalue weighted by atomic mass is 10.2. The average Bonchev–Trinajstić information content (AvgIpc) is 2.65. The van der Waals surface area contributed by atoms with Gasteiger partial charge in [-0.05, 0) is 29.3 Å². The second-order valence-corrected chi connectivity index (χ2v) is 6.50. The van der Waals surface area contributed by atoms with Crippen molar-refractivity contribution in [2.24, 2.45) is 0 Å². The predicted molar refractivity (Wildman–Crippen MR) is 105 cm³/mol. The average molecular weight is 399 g/mol. The zero-order valence-corrected chi connectivity index (χ0v) is 16.2. The molecule has 0 aliphatic rings. The molecule has 0 spiro atoms. The third-order valence-electron chi connectivity index (χ3n) is 3.72. The molecule has 2 rings (SSSR count). The number of aliphatic hydroxyl groups is 1. The van der Waals surface area contributed by atoms with Gasteiger partial charge in [0.25, 0.3) is 0 Å². The Bertz CT molecular complexity index is 681. The minimum absolute atomic E-state index is 0.139. The summed E-state index contributed by atoms with van der Waals surface area (Å²) in [5.41, 5.74) is 1.94. The molecule has 0 bridgehead atoms. The highest BCUT2D eigenvalue weighted by atomic mass is 35.5. The first kappa shape index (κ1) is 20.8. The van der Waals surface area contributed by atoms with E-state index in [1.165, 1.54) is 0 Å². The van der Waals surface area contributed by atoms with Crippen LogP contribution in [0.5, 0.6) is 11.5 Å². The van der Waals surface area contributed by atoms with Crippen molar-refractivity contribution in [1.29, 1.82) is 0 Å². The molecule has 142 valence electrons. The predicted octanol–water partition coefficient (Wildman–Crippen LogP) is 3.25. The molecule has 2 aromatic carbocycles. The van der Waals surface area contributed by atoms with E-state index in [9.17, 15) is 0 Å². The lowest BCUT2D eigenvalue weighted by Gasteiger charge is -2.14. The summed E-state index contributed by atoms with van der Waals surface area (Å²) in [6, 6.07) is 11.1. The molecule has 26 heavy (non-hydrogen) atoms. The number of ether oxygens (including phenoxy) is 2. The fraction of sp³-hybridized carbons (Fsp3) is 0.368. The lowest BCUT2D eigenvalue weighted by molar-refractivity contribution is 0.284. The van der Waals surface area contributed by atoms with Crippen LogP contribution in [0, 0.1) is 0 Å². The van der Waals surface area contributed by atoms with E-state index < -0.39 is 0 Å². The summed E-state index contributed by atoms with van der Waals surface area (Å²) in [5.74, 6) is 1.24. The van der Waals surface area contributed by atoms with Crippen LogP contribution in [0.15, 0.2) is 36.4 Å². The monoisotopic (exact) mass is 398 g/mol. The van der Waals surface area contributed by atoms with E-state index in [4.69, 9.17) is 37.8 Å². The number of benzene rings is 2. The summed E-state index contributed by atoms with van der Waals surface area (Å²) < 4.78 is 11.3. The van der Waals surface area contributed by atoms with Crippen LogP contribution in [0.3, 0.4) is 0 Å². The van der Waals surface area contributed by atoms with E-state index in [0.717, 1.165) is 24.2 Å². The van der Waals surface area contributed by atoms with Crippen LogP contribution in [0.4, 0.5) is 0 Å². The normalized spacial score (nSPS) is 10.8. The van der Waals surface area contributed by atoms with Crippen LogP contribution in [0.1, 0.15) is 11.1 Å². The molecule has 7 heteroatoms. The maximum Gasteiger partial charge on any atom is 0.163 e. The maximum atomic E-state index is 8.72. The van der Waals surface area contributed by atoms with Gasteiger partial charge in [-0.2, -0.15) is 0 Å². The van der Waals surface area contributed by atoms with Gasteiger partial charge in [-0.1, -0.05) is 35.3 Å². The van der Waals surface area contributed by atoms with E-state index in [-0.39, 0.29) is 6.61 Å². The molecule has 0 heterocycles. The Labute approximate surface area is 164 Å². The smallest absolute Gasteiger partial charge is 0.163 e. The topological polar surface area (TPSA) is 62.8 Å². The molecule has 0 aliphatic carbocycles. The third kappa shape index (κ3) is 6.67. The van der Waals surface area contributed by atoms with E-state index in [2.05, 4.69) is 10.6 Å². The number of hydrogen-bond donors (Lipinski definition) is 3. The van der Waals surface area contributed by atoms with E-state index in [0.29, 0.717) is 41.2 Å². The Balaban J connectivity index is 1.93. The van der Waals surface area contributed by atoms with Crippen molar-refractivity contribution >= 4 is 23.2 Å². The lowest BCUT2D eigenvalue weighted by Crippen LogP contribution is -2.28. The number of halogens is 2. The molecule has 0 saturated carbocycles. The van der Waals surface area contributed by atoms with Gasteiger partial charge in [-0.15, -0.1) is 0 Å². The summed E-state index contributed by atoms with van der Waals surface area (Å²) in [7, 11) is 1.61. The van der Waals surface area contributed by atoms with Crippen molar-refractivity contribution in [1.82, 2.24) is 10.6 Å². The van der Waals surface area contributed by atoms with Gasteiger partial charge in [-0.25, -0.2) is 0 Å². The van der Waals surface area contributed by atoms with Gasteiger partial charge >= 0.3 is 0 Å². The van der Waals surface area contributed by atoms with Crippen molar-refractivity contribution in [3.05, 3.63) is 57.6 Å². The van der Waals surface area contributed by atoms with E-state index in [1.54, 1.807) is 13.2 Å². The first-order valence-electron chi connectivity index (χ1n) is 8.40. The quantitative estimate of drug-likeness (QED) is 0.507.